The number of anilines is 1. The summed E-state index contributed by atoms with van der Waals surface area (Å²) in [5.74, 6) is 1.43. The van der Waals surface area contributed by atoms with Gasteiger partial charge in [-0.15, -0.1) is 0 Å². The Kier molecular flexibility index (Phi) is 5.46. The van der Waals surface area contributed by atoms with Gasteiger partial charge in [0.15, 0.2) is 5.16 Å². The van der Waals surface area contributed by atoms with E-state index in [9.17, 15) is 9.90 Å². The zero-order valence-corrected chi connectivity index (χ0v) is 19.2. The molecule has 0 spiro atoms. The van der Waals surface area contributed by atoms with E-state index in [-0.39, 0.29) is 0 Å². The van der Waals surface area contributed by atoms with E-state index >= 15 is 0 Å². The second-order valence-electron chi connectivity index (χ2n) is 8.10. The third-order valence-electron chi connectivity index (χ3n) is 6.27. The molecule has 1 aliphatic carbocycles. The van der Waals surface area contributed by atoms with Gasteiger partial charge < -0.3 is 20.2 Å². The van der Waals surface area contributed by atoms with Crippen molar-refractivity contribution in [3.05, 3.63) is 60.2 Å². The molecular formula is C25H24N4O3S. The SMILES string of the molecule is CNc1nc(SC)nc2oc(-c3ccc(C4(NC(=O)O)CCC4)cc3)c(-c3ccccc3)c12. The number of hydrogen-bond donors (Lipinski definition) is 3. The Bertz CT molecular complexity index is 1320. The Hall–Kier alpha value is -3.52. The summed E-state index contributed by atoms with van der Waals surface area (Å²) in [6, 6.07) is 18.0. The molecule has 4 aromatic rings. The first kappa shape index (κ1) is 21.3. The van der Waals surface area contributed by atoms with Crippen molar-refractivity contribution in [1.82, 2.24) is 15.3 Å². The number of benzene rings is 2. The van der Waals surface area contributed by atoms with Crippen molar-refractivity contribution >= 4 is 34.8 Å². The molecule has 0 unspecified atom stereocenters. The summed E-state index contributed by atoms with van der Waals surface area (Å²) in [6.07, 6.45) is 3.55. The number of hydrogen-bond acceptors (Lipinski definition) is 6. The van der Waals surface area contributed by atoms with Gasteiger partial charge >= 0.3 is 6.09 Å². The Morgan fingerprint density at radius 3 is 2.36 bits per heavy atom. The zero-order chi connectivity index (χ0) is 23.0. The standard InChI is InChI=1S/C25H24N4O3S/c1-26-21-19-18(15-7-4-3-5-8-15)20(32-22(19)28-23(27-21)33-2)16-9-11-17(12-10-16)25(13-6-14-25)29-24(30)31/h3-5,7-12,29H,6,13-14H2,1-2H3,(H,30,31)(H,26,27,28). The summed E-state index contributed by atoms with van der Waals surface area (Å²) in [4.78, 5) is 20.6. The van der Waals surface area contributed by atoms with Gasteiger partial charge in [-0.05, 0) is 36.6 Å². The second-order valence-corrected chi connectivity index (χ2v) is 8.88. The molecule has 1 fully saturated rings. The number of rotatable bonds is 6. The van der Waals surface area contributed by atoms with Crippen LogP contribution in [0.2, 0.25) is 0 Å². The maximum atomic E-state index is 11.3. The topological polar surface area (TPSA) is 100 Å². The fourth-order valence-corrected chi connectivity index (χ4v) is 4.86. The van der Waals surface area contributed by atoms with E-state index < -0.39 is 11.6 Å². The quantitative estimate of drug-likeness (QED) is 0.241. The lowest BCUT2D eigenvalue weighted by Gasteiger charge is -2.42. The molecule has 1 aliphatic rings. The lowest BCUT2D eigenvalue weighted by atomic mass is 9.72. The Balaban J connectivity index is 1.67. The monoisotopic (exact) mass is 460 g/mol. The lowest BCUT2D eigenvalue weighted by Crippen LogP contribution is -2.50. The average molecular weight is 461 g/mol. The molecular weight excluding hydrogens is 436 g/mol. The van der Waals surface area contributed by atoms with Crippen LogP contribution < -0.4 is 10.6 Å². The summed E-state index contributed by atoms with van der Waals surface area (Å²) in [6.45, 7) is 0. The van der Waals surface area contributed by atoms with Crippen LogP contribution in [0.25, 0.3) is 33.6 Å². The Morgan fingerprint density at radius 1 is 1.06 bits per heavy atom. The van der Waals surface area contributed by atoms with Gasteiger partial charge in [0.25, 0.3) is 0 Å². The summed E-state index contributed by atoms with van der Waals surface area (Å²) in [5, 5.41) is 16.7. The van der Waals surface area contributed by atoms with Crippen molar-refractivity contribution in [2.24, 2.45) is 0 Å². The van der Waals surface area contributed by atoms with Gasteiger partial charge in [-0.2, -0.15) is 4.98 Å². The third kappa shape index (κ3) is 3.70. The normalized spacial score (nSPS) is 14.6. The predicted octanol–water partition coefficient (Wildman–Crippen LogP) is 5.97. The van der Waals surface area contributed by atoms with Crippen LogP contribution in [0.1, 0.15) is 24.8 Å². The van der Waals surface area contributed by atoms with Gasteiger partial charge in [0.2, 0.25) is 5.71 Å². The molecule has 0 bridgehead atoms. The van der Waals surface area contributed by atoms with Gasteiger partial charge in [0, 0.05) is 18.2 Å². The molecule has 2 aromatic heterocycles. The zero-order valence-electron chi connectivity index (χ0n) is 18.4. The smallest absolute Gasteiger partial charge is 0.405 e. The number of nitrogens with zero attached hydrogens (tertiary/aromatic N) is 2. The molecule has 33 heavy (non-hydrogen) atoms. The Labute approximate surface area is 195 Å². The van der Waals surface area contributed by atoms with E-state index in [0.29, 0.717) is 22.4 Å². The van der Waals surface area contributed by atoms with E-state index in [1.165, 1.54) is 11.8 Å². The van der Waals surface area contributed by atoms with Crippen LogP contribution in [-0.2, 0) is 5.54 Å². The number of fused-ring (bicyclic) bond motifs is 1. The molecule has 2 heterocycles. The Morgan fingerprint density at radius 2 is 1.79 bits per heavy atom. The maximum Gasteiger partial charge on any atom is 0.405 e. The van der Waals surface area contributed by atoms with Crippen LogP contribution in [0, 0.1) is 0 Å². The number of furan rings is 1. The van der Waals surface area contributed by atoms with E-state index in [4.69, 9.17) is 4.42 Å². The van der Waals surface area contributed by atoms with E-state index in [1.807, 2.05) is 67.9 Å². The van der Waals surface area contributed by atoms with Crippen molar-refractivity contribution in [3.63, 3.8) is 0 Å². The highest BCUT2D eigenvalue weighted by molar-refractivity contribution is 7.98. The minimum absolute atomic E-state index is 0.501. The largest absolute Gasteiger partial charge is 0.465 e. The number of nitrogens with one attached hydrogen (secondary N) is 2. The number of thioether (sulfide) groups is 1. The molecule has 5 rings (SSSR count). The molecule has 3 N–H and O–H groups in total. The number of aromatic nitrogens is 2. The van der Waals surface area contributed by atoms with Crippen molar-refractivity contribution in [1.29, 1.82) is 0 Å². The summed E-state index contributed by atoms with van der Waals surface area (Å²) >= 11 is 1.46. The van der Waals surface area contributed by atoms with E-state index in [2.05, 4.69) is 20.6 Å². The fraction of sp³-hybridized carbons (Fsp3) is 0.240. The van der Waals surface area contributed by atoms with Crippen LogP contribution in [0.15, 0.2) is 64.2 Å². The van der Waals surface area contributed by atoms with Crippen LogP contribution in [0.3, 0.4) is 0 Å². The summed E-state index contributed by atoms with van der Waals surface area (Å²) in [5.41, 5.74) is 3.83. The molecule has 1 saturated carbocycles. The molecule has 0 aliphatic heterocycles. The van der Waals surface area contributed by atoms with Crippen molar-refractivity contribution in [2.75, 3.05) is 18.6 Å². The molecule has 0 saturated heterocycles. The molecule has 0 atom stereocenters. The predicted molar refractivity (Wildman–Crippen MR) is 131 cm³/mol. The molecule has 7 nitrogen and oxygen atoms in total. The van der Waals surface area contributed by atoms with Gasteiger partial charge in [0.1, 0.15) is 11.6 Å². The number of carbonyl (C=O) groups is 1. The number of carboxylic acid groups (broad SMARTS) is 1. The molecule has 8 heteroatoms. The highest BCUT2D eigenvalue weighted by atomic mass is 32.2. The first-order valence-corrected chi connectivity index (χ1v) is 12.0. The van der Waals surface area contributed by atoms with Gasteiger partial charge in [-0.3, -0.25) is 0 Å². The lowest BCUT2D eigenvalue weighted by molar-refractivity contribution is 0.144. The molecule has 2 aromatic carbocycles. The summed E-state index contributed by atoms with van der Waals surface area (Å²) < 4.78 is 6.34. The highest BCUT2D eigenvalue weighted by Crippen LogP contribution is 2.45. The minimum Gasteiger partial charge on any atom is -0.465 e. The second kappa shape index (κ2) is 8.44. The fourth-order valence-electron chi connectivity index (χ4n) is 4.50. The number of amides is 1. The van der Waals surface area contributed by atoms with Gasteiger partial charge in [0.05, 0.1) is 10.9 Å². The molecule has 168 valence electrons. The van der Waals surface area contributed by atoms with E-state index in [1.54, 1.807) is 0 Å². The first-order valence-electron chi connectivity index (χ1n) is 10.8. The minimum atomic E-state index is -0.995. The molecule has 0 radical (unpaired) electrons. The van der Waals surface area contributed by atoms with Crippen LogP contribution >= 0.6 is 11.8 Å². The van der Waals surface area contributed by atoms with Crippen LogP contribution in [0.4, 0.5) is 10.6 Å². The maximum absolute atomic E-state index is 11.3. The molecule has 1 amide bonds. The van der Waals surface area contributed by atoms with E-state index in [0.717, 1.165) is 46.9 Å². The van der Waals surface area contributed by atoms with Gasteiger partial charge in [-0.25, -0.2) is 9.78 Å². The van der Waals surface area contributed by atoms with Crippen molar-refractivity contribution in [2.45, 2.75) is 30.0 Å². The summed E-state index contributed by atoms with van der Waals surface area (Å²) in [7, 11) is 1.84. The average Bonchev–Trinajstić information content (AvgIpc) is 3.21. The van der Waals surface area contributed by atoms with Gasteiger partial charge in [-0.1, -0.05) is 66.4 Å². The first-order chi connectivity index (χ1) is 16.0. The van der Waals surface area contributed by atoms with Crippen molar-refractivity contribution in [3.8, 4) is 22.5 Å². The highest BCUT2D eigenvalue weighted by Gasteiger charge is 2.40. The van der Waals surface area contributed by atoms with Crippen LogP contribution in [-0.4, -0.2) is 34.5 Å². The van der Waals surface area contributed by atoms with Crippen LogP contribution in [0.5, 0.6) is 0 Å². The van der Waals surface area contributed by atoms with Crippen molar-refractivity contribution < 1.29 is 14.3 Å². The third-order valence-corrected chi connectivity index (χ3v) is 6.81.